The lowest BCUT2D eigenvalue weighted by Crippen LogP contribution is -2.40. The average Bonchev–Trinajstić information content (AvgIpc) is 3.08. The lowest BCUT2D eigenvalue weighted by molar-refractivity contribution is -0.149. The van der Waals surface area contributed by atoms with Crippen LogP contribution in [0, 0.1) is 0 Å². The molecule has 1 fully saturated rings. The summed E-state index contributed by atoms with van der Waals surface area (Å²) in [7, 11) is 4.47. The number of rotatable bonds is 5. The third kappa shape index (κ3) is 3.83. The van der Waals surface area contributed by atoms with Crippen LogP contribution < -0.4 is 9.47 Å². The largest absolute Gasteiger partial charge is 0.497 e. The molecular formula is C17H21NO5. The SMILES string of the molecule is COC(=O)C1CCCN1C(=O)/C=C/c1cc(OC)ccc1OC. The van der Waals surface area contributed by atoms with Crippen LogP contribution in [-0.2, 0) is 14.3 Å². The van der Waals surface area contributed by atoms with E-state index in [1.807, 2.05) is 0 Å². The van der Waals surface area contributed by atoms with E-state index in [1.54, 1.807) is 38.5 Å². The van der Waals surface area contributed by atoms with Crippen molar-refractivity contribution in [2.45, 2.75) is 18.9 Å². The van der Waals surface area contributed by atoms with Crippen LogP contribution in [0.25, 0.3) is 6.08 Å². The van der Waals surface area contributed by atoms with Crippen molar-refractivity contribution >= 4 is 18.0 Å². The Labute approximate surface area is 135 Å². The maximum absolute atomic E-state index is 12.4. The molecule has 1 aliphatic rings. The van der Waals surface area contributed by atoms with Gasteiger partial charge < -0.3 is 19.1 Å². The zero-order valence-corrected chi connectivity index (χ0v) is 13.6. The first-order valence-electron chi connectivity index (χ1n) is 7.39. The summed E-state index contributed by atoms with van der Waals surface area (Å²) in [6, 6.07) is 4.84. The number of carbonyl (C=O) groups excluding carboxylic acids is 2. The maximum atomic E-state index is 12.4. The standard InChI is InChI=1S/C17H21NO5/c1-21-13-7-8-15(22-2)12(11-13)6-9-16(19)18-10-4-5-14(18)17(20)23-3/h6-9,11,14H,4-5,10H2,1-3H3/b9-6+. The van der Waals surface area contributed by atoms with E-state index in [0.717, 1.165) is 12.0 Å². The minimum atomic E-state index is -0.496. The second-order valence-electron chi connectivity index (χ2n) is 5.15. The van der Waals surface area contributed by atoms with E-state index in [0.29, 0.717) is 24.5 Å². The molecule has 23 heavy (non-hydrogen) atoms. The first-order chi connectivity index (χ1) is 11.1. The maximum Gasteiger partial charge on any atom is 0.328 e. The van der Waals surface area contributed by atoms with Gasteiger partial charge in [-0.1, -0.05) is 0 Å². The summed E-state index contributed by atoms with van der Waals surface area (Å²) < 4.78 is 15.2. The summed E-state index contributed by atoms with van der Waals surface area (Å²) in [4.78, 5) is 25.6. The zero-order valence-electron chi connectivity index (χ0n) is 13.6. The van der Waals surface area contributed by atoms with Crippen molar-refractivity contribution < 1.29 is 23.8 Å². The number of benzene rings is 1. The van der Waals surface area contributed by atoms with Crippen LogP contribution in [0.2, 0.25) is 0 Å². The Bertz CT molecular complexity index is 611. The van der Waals surface area contributed by atoms with Crippen LogP contribution in [-0.4, -0.2) is 50.7 Å². The van der Waals surface area contributed by atoms with Crippen molar-refractivity contribution in [3.63, 3.8) is 0 Å². The fraction of sp³-hybridized carbons (Fsp3) is 0.412. The van der Waals surface area contributed by atoms with Gasteiger partial charge in [0, 0.05) is 18.2 Å². The number of amides is 1. The Morgan fingerprint density at radius 2 is 2.00 bits per heavy atom. The van der Waals surface area contributed by atoms with Gasteiger partial charge in [0.15, 0.2) is 0 Å². The highest BCUT2D eigenvalue weighted by Gasteiger charge is 2.33. The third-order valence-electron chi connectivity index (χ3n) is 3.85. The molecule has 1 aromatic carbocycles. The van der Waals surface area contributed by atoms with Gasteiger partial charge in [-0.2, -0.15) is 0 Å². The molecular weight excluding hydrogens is 298 g/mol. The van der Waals surface area contributed by atoms with Crippen molar-refractivity contribution in [2.75, 3.05) is 27.9 Å². The number of likely N-dealkylation sites (tertiary alicyclic amines) is 1. The van der Waals surface area contributed by atoms with Gasteiger partial charge in [0.2, 0.25) is 5.91 Å². The quantitative estimate of drug-likeness (QED) is 0.612. The summed E-state index contributed by atoms with van der Waals surface area (Å²) in [6.07, 6.45) is 4.53. The molecule has 1 aromatic rings. The predicted molar refractivity (Wildman–Crippen MR) is 85.3 cm³/mol. The molecule has 1 heterocycles. The minimum absolute atomic E-state index is 0.220. The van der Waals surface area contributed by atoms with E-state index >= 15 is 0 Å². The van der Waals surface area contributed by atoms with Gasteiger partial charge in [-0.3, -0.25) is 4.79 Å². The molecule has 0 bridgehead atoms. The molecule has 2 rings (SSSR count). The Morgan fingerprint density at radius 3 is 2.65 bits per heavy atom. The van der Waals surface area contributed by atoms with Crippen LogP contribution in [0.3, 0.4) is 0 Å². The fourth-order valence-corrected chi connectivity index (χ4v) is 2.64. The Balaban J connectivity index is 2.16. The highest BCUT2D eigenvalue weighted by atomic mass is 16.5. The normalized spacial score (nSPS) is 17.3. The number of ether oxygens (including phenoxy) is 3. The minimum Gasteiger partial charge on any atom is -0.497 e. The van der Waals surface area contributed by atoms with Crippen molar-refractivity contribution in [3.05, 3.63) is 29.8 Å². The van der Waals surface area contributed by atoms with E-state index in [2.05, 4.69) is 0 Å². The molecule has 0 N–H and O–H groups in total. The van der Waals surface area contributed by atoms with Crippen LogP contribution in [0.4, 0.5) is 0 Å². The van der Waals surface area contributed by atoms with Gasteiger partial charge >= 0.3 is 5.97 Å². The van der Waals surface area contributed by atoms with E-state index in [-0.39, 0.29) is 11.9 Å². The number of methoxy groups -OCH3 is 3. The first kappa shape index (κ1) is 16.9. The molecule has 0 aliphatic carbocycles. The third-order valence-corrected chi connectivity index (χ3v) is 3.85. The van der Waals surface area contributed by atoms with E-state index in [1.165, 1.54) is 18.1 Å². The number of hydrogen-bond acceptors (Lipinski definition) is 5. The Hall–Kier alpha value is -2.50. The zero-order chi connectivity index (χ0) is 16.8. The average molecular weight is 319 g/mol. The first-order valence-corrected chi connectivity index (χ1v) is 7.39. The van der Waals surface area contributed by atoms with Crippen molar-refractivity contribution in [1.82, 2.24) is 4.90 Å². The molecule has 1 atom stereocenters. The van der Waals surface area contributed by atoms with Gasteiger partial charge in [0.25, 0.3) is 0 Å². The van der Waals surface area contributed by atoms with E-state index in [9.17, 15) is 9.59 Å². The fourth-order valence-electron chi connectivity index (χ4n) is 2.64. The summed E-state index contributed by atoms with van der Waals surface area (Å²) >= 11 is 0. The lowest BCUT2D eigenvalue weighted by atomic mass is 10.1. The molecule has 1 saturated heterocycles. The smallest absolute Gasteiger partial charge is 0.328 e. The summed E-state index contributed by atoms with van der Waals surface area (Å²) in [6.45, 7) is 0.554. The highest BCUT2D eigenvalue weighted by molar-refractivity contribution is 5.95. The van der Waals surface area contributed by atoms with Crippen LogP contribution in [0.15, 0.2) is 24.3 Å². The summed E-state index contributed by atoms with van der Waals surface area (Å²) in [5.41, 5.74) is 0.731. The molecule has 6 heteroatoms. The second-order valence-corrected chi connectivity index (χ2v) is 5.15. The molecule has 1 amide bonds. The van der Waals surface area contributed by atoms with E-state index < -0.39 is 6.04 Å². The Morgan fingerprint density at radius 1 is 1.22 bits per heavy atom. The number of esters is 1. The van der Waals surface area contributed by atoms with Crippen molar-refractivity contribution in [3.8, 4) is 11.5 Å². The van der Waals surface area contributed by atoms with Crippen molar-refractivity contribution in [2.24, 2.45) is 0 Å². The number of nitrogens with zero attached hydrogens (tertiary/aromatic N) is 1. The summed E-state index contributed by atoms with van der Waals surface area (Å²) in [5, 5.41) is 0. The van der Waals surface area contributed by atoms with E-state index in [4.69, 9.17) is 14.2 Å². The monoisotopic (exact) mass is 319 g/mol. The predicted octanol–water partition coefficient (Wildman–Crippen LogP) is 1.88. The van der Waals surface area contributed by atoms with Crippen LogP contribution >= 0.6 is 0 Å². The topological polar surface area (TPSA) is 65.1 Å². The molecule has 6 nitrogen and oxygen atoms in total. The molecule has 0 saturated carbocycles. The number of hydrogen-bond donors (Lipinski definition) is 0. The van der Waals surface area contributed by atoms with Crippen LogP contribution in [0.5, 0.6) is 11.5 Å². The molecule has 124 valence electrons. The van der Waals surface area contributed by atoms with Gasteiger partial charge in [-0.15, -0.1) is 0 Å². The molecule has 0 radical (unpaired) electrons. The van der Waals surface area contributed by atoms with Crippen molar-refractivity contribution in [1.29, 1.82) is 0 Å². The second kappa shape index (κ2) is 7.67. The summed E-state index contributed by atoms with van der Waals surface area (Å²) in [5.74, 6) is 0.721. The highest BCUT2D eigenvalue weighted by Crippen LogP contribution is 2.25. The van der Waals surface area contributed by atoms with Crippen LogP contribution in [0.1, 0.15) is 18.4 Å². The van der Waals surface area contributed by atoms with Gasteiger partial charge in [-0.05, 0) is 37.1 Å². The number of carbonyl (C=O) groups is 2. The molecule has 0 spiro atoms. The lowest BCUT2D eigenvalue weighted by Gasteiger charge is -2.21. The molecule has 0 aromatic heterocycles. The van der Waals surface area contributed by atoms with Gasteiger partial charge in [0.1, 0.15) is 17.5 Å². The Kier molecular flexibility index (Phi) is 5.62. The van der Waals surface area contributed by atoms with Gasteiger partial charge in [-0.25, -0.2) is 4.79 Å². The molecule has 1 unspecified atom stereocenters. The van der Waals surface area contributed by atoms with Gasteiger partial charge in [0.05, 0.1) is 21.3 Å². The molecule has 1 aliphatic heterocycles.